The summed E-state index contributed by atoms with van der Waals surface area (Å²) < 4.78 is 14.7. The van der Waals surface area contributed by atoms with Crippen LogP contribution in [-0.4, -0.2) is 44.0 Å². The minimum absolute atomic E-state index is 0.0301. The predicted octanol–water partition coefficient (Wildman–Crippen LogP) is 1.49. The smallest absolute Gasteiger partial charge is 0.263 e. The normalized spacial score (nSPS) is 14.6. The molecule has 4 amide bonds. The van der Waals surface area contributed by atoms with E-state index in [4.69, 9.17) is 0 Å². The van der Waals surface area contributed by atoms with Gasteiger partial charge in [-0.25, -0.2) is 18.8 Å². The molecule has 0 spiro atoms. The van der Waals surface area contributed by atoms with Gasteiger partial charge in [0.25, 0.3) is 0 Å². The molecule has 1 aliphatic rings. The second-order valence-electron chi connectivity index (χ2n) is 5.11. The van der Waals surface area contributed by atoms with Crippen LogP contribution in [0.4, 0.5) is 9.18 Å². The Labute approximate surface area is 136 Å². The molecule has 24 heavy (non-hydrogen) atoms. The zero-order valence-electron chi connectivity index (χ0n) is 12.6. The summed E-state index contributed by atoms with van der Waals surface area (Å²) in [6.07, 6.45) is 2.95. The Hall–Kier alpha value is -3.29. The zero-order valence-corrected chi connectivity index (χ0v) is 12.6. The largest absolute Gasteiger partial charge is 0.334 e. The number of imide groups is 2. The van der Waals surface area contributed by atoms with Crippen LogP contribution in [0.2, 0.25) is 0 Å². The maximum atomic E-state index is 13.3. The summed E-state index contributed by atoms with van der Waals surface area (Å²) in [5.74, 6) is -2.19. The first-order valence-corrected chi connectivity index (χ1v) is 7.10. The molecule has 0 unspecified atom stereocenters. The van der Waals surface area contributed by atoms with Gasteiger partial charge in [0.15, 0.2) is 0 Å². The van der Waals surface area contributed by atoms with Crippen LogP contribution in [0.5, 0.6) is 0 Å². The van der Waals surface area contributed by atoms with E-state index in [0.717, 1.165) is 9.80 Å². The molecule has 0 atom stereocenters. The second-order valence-corrected chi connectivity index (χ2v) is 5.11. The highest BCUT2D eigenvalue weighted by atomic mass is 19.1. The minimum atomic E-state index is -0.901. The molecular weight excluding hydrogens is 315 g/mol. The molecule has 0 N–H and O–H groups in total. The first-order chi connectivity index (χ1) is 11.5. The quantitative estimate of drug-likeness (QED) is 0.473. The van der Waals surface area contributed by atoms with Gasteiger partial charge >= 0.3 is 17.8 Å². The van der Waals surface area contributed by atoms with Crippen molar-refractivity contribution in [2.75, 3.05) is 6.54 Å². The summed E-state index contributed by atoms with van der Waals surface area (Å²) in [6, 6.07) is 6.72. The highest BCUT2D eigenvalue weighted by Gasteiger charge is 2.43. The first-order valence-electron chi connectivity index (χ1n) is 7.10. The first kappa shape index (κ1) is 15.6. The average molecular weight is 328 g/mol. The van der Waals surface area contributed by atoms with Crippen molar-refractivity contribution >= 4 is 17.8 Å². The van der Waals surface area contributed by atoms with Crippen LogP contribution in [0.1, 0.15) is 5.69 Å². The Morgan fingerprint density at radius 1 is 1.12 bits per heavy atom. The number of urea groups is 1. The van der Waals surface area contributed by atoms with Gasteiger partial charge < -0.3 is 0 Å². The third kappa shape index (κ3) is 2.69. The van der Waals surface area contributed by atoms with Gasteiger partial charge in [-0.1, -0.05) is 12.1 Å². The molecule has 0 bridgehead atoms. The van der Waals surface area contributed by atoms with Gasteiger partial charge in [-0.05, 0) is 24.3 Å². The van der Waals surface area contributed by atoms with E-state index < -0.39 is 23.7 Å². The van der Waals surface area contributed by atoms with E-state index in [9.17, 15) is 18.8 Å². The lowest BCUT2D eigenvalue weighted by Gasteiger charge is -2.12. The summed E-state index contributed by atoms with van der Waals surface area (Å²) >= 11 is 0. The van der Waals surface area contributed by atoms with Crippen molar-refractivity contribution in [1.29, 1.82) is 0 Å². The fraction of sp³-hybridized carbons (Fsp3) is 0.125. The molecule has 2 aromatic rings. The molecule has 8 heteroatoms. The standard InChI is InChI=1S/C16H13FN4O3/c1-2-7-19-14(22)15(23)20(16(19)24)10-12-6-8-21(18-12)13-5-3-4-11(17)9-13/h2-6,8-9H,1,7,10H2. The van der Waals surface area contributed by atoms with Gasteiger partial charge in [-0.15, -0.1) is 6.58 Å². The SMILES string of the molecule is C=CCN1C(=O)C(=O)N(Cc2ccn(-c3cccc(F)c3)n2)C1=O. The summed E-state index contributed by atoms with van der Waals surface area (Å²) in [4.78, 5) is 37.5. The fourth-order valence-corrected chi connectivity index (χ4v) is 2.35. The number of hydrogen-bond donors (Lipinski definition) is 0. The maximum absolute atomic E-state index is 13.3. The van der Waals surface area contributed by atoms with Crippen LogP contribution in [0, 0.1) is 5.82 Å². The molecule has 1 saturated heterocycles. The van der Waals surface area contributed by atoms with Crippen molar-refractivity contribution in [3.63, 3.8) is 0 Å². The molecular formula is C16H13FN4O3. The third-order valence-corrected chi connectivity index (χ3v) is 3.48. The number of rotatable bonds is 5. The van der Waals surface area contributed by atoms with Gasteiger partial charge in [0.05, 0.1) is 17.9 Å². The predicted molar refractivity (Wildman–Crippen MR) is 81.4 cm³/mol. The van der Waals surface area contributed by atoms with Crippen LogP contribution < -0.4 is 0 Å². The van der Waals surface area contributed by atoms with Crippen LogP contribution in [0.25, 0.3) is 5.69 Å². The van der Waals surface area contributed by atoms with Crippen molar-refractivity contribution in [3.05, 3.63) is 60.7 Å². The number of benzene rings is 1. The van der Waals surface area contributed by atoms with Crippen molar-refractivity contribution in [3.8, 4) is 5.69 Å². The number of nitrogens with zero attached hydrogens (tertiary/aromatic N) is 4. The number of carbonyl (C=O) groups excluding carboxylic acids is 3. The summed E-state index contributed by atoms with van der Waals surface area (Å²) in [6.45, 7) is 3.28. The summed E-state index contributed by atoms with van der Waals surface area (Å²) in [7, 11) is 0. The van der Waals surface area contributed by atoms with Gasteiger partial charge in [-0.3, -0.25) is 14.5 Å². The molecule has 3 rings (SSSR count). The van der Waals surface area contributed by atoms with Gasteiger partial charge in [0.2, 0.25) is 0 Å². The lowest BCUT2D eigenvalue weighted by Crippen LogP contribution is -2.33. The van der Waals surface area contributed by atoms with Crippen LogP contribution in [-0.2, 0) is 16.1 Å². The van der Waals surface area contributed by atoms with Crippen LogP contribution >= 0.6 is 0 Å². The minimum Gasteiger partial charge on any atom is -0.263 e. The molecule has 0 saturated carbocycles. The Kier molecular flexibility index (Phi) is 3.95. The summed E-state index contributed by atoms with van der Waals surface area (Å²) in [5, 5.41) is 4.20. The van der Waals surface area contributed by atoms with Gasteiger partial charge in [0, 0.05) is 12.7 Å². The molecule has 7 nitrogen and oxygen atoms in total. The van der Waals surface area contributed by atoms with Crippen molar-refractivity contribution < 1.29 is 18.8 Å². The fourth-order valence-electron chi connectivity index (χ4n) is 2.35. The van der Waals surface area contributed by atoms with E-state index in [-0.39, 0.29) is 13.1 Å². The molecule has 1 aromatic heterocycles. The summed E-state index contributed by atoms with van der Waals surface area (Å²) in [5.41, 5.74) is 0.902. The lowest BCUT2D eigenvalue weighted by atomic mass is 10.3. The van der Waals surface area contributed by atoms with Crippen molar-refractivity contribution in [2.45, 2.75) is 6.54 Å². The van der Waals surface area contributed by atoms with Gasteiger partial charge in [-0.2, -0.15) is 5.10 Å². The molecule has 0 aliphatic carbocycles. The number of amides is 4. The Bertz CT molecular complexity index is 845. The second kappa shape index (κ2) is 6.07. The lowest BCUT2D eigenvalue weighted by molar-refractivity contribution is -0.143. The van der Waals surface area contributed by atoms with E-state index >= 15 is 0 Å². The van der Waals surface area contributed by atoms with E-state index in [0.29, 0.717) is 11.4 Å². The molecule has 0 radical (unpaired) electrons. The Morgan fingerprint density at radius 2 is 1.88 bits per heavy atom. The van der Waals surface area contributed by atoms with Crippen LogP contribution in [0.15, 0.2) is 49.2 Å². The molecule has 1 aromatic carbocycles. The van der Waals surface area contributed by atoms with E-state index in [1.54, 1.807) is 24.4 Å². The topological polar surface area (TPSA) is 75.5 Å². The number of halogens is 1. The number of hydrogen-bond acceptors (Lipinski definition) is 4. The van der Waals surface area contributed by atoms with Gasteiger partial charge in [0.1, 0.15) is 5.82 Å². The Balaban J connectivity index is 1.80. The molecule has 1 aliphatic heterocycles. The third-order valence-electron chi connectivity index (χ3n) is 3.48. The molecule has 122 valence electrons. The zero-order chi connectivity index (χ0) is 17.3. The van der Waals surface area contributed by atoms with E-state index in [1.807, 2.05) is 0 Å². The maximum Gasteiger partial charge on any atom is 0.334 e. The van der Waals surface area contributed by atoms with Crippen molar-refractivity contribution in [1.82, 2.24) is 19.6 Å². The van der Waals surface area contributed by atoms with E-state index in [2.05, 4.69) is 11.7 Å². The molecule has 1 fully saturated rings. The Morgan fingerprint density at radius 3 is 2.58 bits per heavy atom. The number of aromatic nitrogens is 2. The highest BCUT2D eigenvalue weighted by Crippen LogP contribution is 2.16. The van der Waals surface area contributed by atoms with Crippen molar-refractivity contribution in [2.24, 2.45) is 0 Å². The number of carbonyl (C=O) groups is 3. The average Bonchev–Trinajstić information content (AvgIpc) is 3.11. The monoisotopic (exact) mass is 328 g/mol. The highest BCUT2D eigenvalue weighted by molar-refractivity contribution is 6.44. The van der Waals surface area contributed by atoms with E-state index in [1.165, 1.54) is 22.9 Å². The molecule has 2 heterocycles. The van der Waals surface area contributed by atoms with Crippen LogP contribution in [0.3, 0.4) is 0 Å².